The molecule has 1 aliphatic heterocycles. The molecule has 120 valence electrons. The largest absolute Gasteiger partial charge is 0.310 e. The second kappa shape index (κ2) is 6.50. The Morgan fingerprint density at radius 1 is 1.13 bits per heavy atom. The molecule has 1 N–H and O–H groups in total. The molecule has 3 nitrogen and oxygen atoms in total. The first-order valence-corrected chi connectivity index (χ1v) is 7.97. The molecule has 2 aromatic rings. The minimum Gasteiger partial charge on any atom is -0.310 e. The van der Waals surface area contributed by atoms with E-state index in [9.17, 15) is 9.18 Å². The minimum absolute atomic E-state index is 0.0261. The van der Waals surface area contributed by atoms with Crippen LogP contribution >= 0.6 is 0 Å². The Morgan fingerprint density at radius 2 is 1.83 bits per heavy atom. The average Bonchev–Trinajstić information content (AvgIpc) is 2.98. The number of carbonyl (C=O) groups excluding carboxylic acids is 1. The van der Waals surface area contributed by atoms with E-state index in [1.807, 2.05) is 36.9 Å². The van der Waals surface area contributed by atoms with Crippen LogP contribution in [0, 0.1) is 5.82 Å². The molecule has 0 saturated carbocycles. The summed E-state index contributed by atoms with van der Waals surface area (Å²) < 4.78 is 13.9. The molecule has 0 aromatic heterocycles. The van der Waals surface area contributed by atoms with Gasteiger partial charge in [-0.2, -0.15) is 0 Å². The molecule has 0 radical (unpaired) electrons. The molecule has 0 spiro atoms. The van der Waals surface area contributed by atoms with Gasteiger partial charge in [0, 0.05) is 23.8 Å². The van der Waals surface area contributed by atoms with Crippen molar-refractivity contribution in [3.05, 3.63) is 65.5 Å². The number of carbonyl (C=O) groups is 1. The van der Waals surface area contributed by atoms with E-state index in [4.69, 9.17) is 0 Å². The Morgan fingerprint density at radius 3 is 2.61 bits per heavy atom. The van der Waals surface area contributed by atoms with Gasteiger partial charge in [-0.25, -0.2) is 4.39 Å². The smallest absolute Gasteiger partial charge is 0.243 e. The van der Waals surface area contributed by atoms with Crippen molar-refractivity contribution in [2.24, 2.45) is 0 Å². The number of benzene rings is 2. The highest BCUT2D eigenvalue weighted by molar-refractivity contribution is 5.98. The van der Waals surface area contributed by atoms with Crippen molar-refractivity contribution >= 4 is 11.6 Å². The van der Waals surface area contributed by atoms with E-state index in [1.54, 1.807) is 18.2 Å². The number of hydrogen-bond donors (Lipinski definition) is 1. The van der Waals surface area contributed by atoms with Crippen LogP contribution in [0.5, 0.6) is 0 Å². The van der Waals surface area contributed by atoms with Crippen LogP contribution in [-0.2, 0) is 11.2 Å². The third-order valence-corrected chi connectivity index (χ3v) is 4.40. The molecule has 0 aliphatic carbocycles. The van der Waals surface area contributed by atoms with Crippen molar-refractivity contribution in [2.75, 3.05) is 11.4 Å². The standard InChI is InChI=1S/C19H21FN2O/c1-13(16-8-4-5-9-17(16)20)21-14(2)19(23)22-12-11-15-7-3-6-10-18(15)22/h3-10,13-14,21H,11-12H2,1-2H3. The van der Waals surface area contributed by atoms with Gasteiger partial charge in [-0.3, -0.25) is 10.1 Å². The number of halogens is 1. The number of amides is 1. The summed E-state index contributed by atoms with van der Waals surface area (Å²) in [5.41, 5.74) is 2.77. The first-order chi connectivity index (χ1) is 11.1. The SMILES string of the molecule is CC(NC(C)c1ccccc1F)C(=O)N1CCc2ccccc21. The van der Waals surface area contributed by atoms with Gasteiger partial charge in [-0.05, 0) is 38.0 Å². The van der Waals surface area contributed by atoms with Crippen molar-refractivity contribution in [3.8, 4) is 0 Å². The molecule has 2 atom stereocenters. The topological polar surface area (TPSA) is 32.3 Å². The number of nitrogens with one attached hydrogen (secondary N) is 1. The summed E-state index contributed by atoms with van der Waals surface area (Å²) >= 11 is 0. The van der Waals surface area contributed by atoms with Gasteiger partial charge < -0.3 is 4.90 Å². The zero-order chi connectivity index (χ0) is 16.4. The van der Waals surface area contributed by atoms with Gasteiger partial charge in [-0.1, -0.05) is 36.4 Å². The Balaban J connectivity index is 1.70. The Labute approximate surface area is 136 Å². The number of para-hydroxylation sites is 1. The summed E-state index contributed by atoms with van der Waals surface area (Å²) in [5.74, 6) is -0.225. The van der Waals surface area contributed by atoms with Crippen LogP contribution in [0.1, 0.15) is 31.0 Å². The van der Waals surface area contributed by atoms with E-state index < -0.39 is 0 Å². The summed E-state index contributed by atoms with van der Waals surface area (Å²) in [7, 11) is 0. The molecule has 4 heteroatoms. The summed E-state index contributed by atoms with van der Waals surface area (Å²) in [6.07, 6.45) is 0.886. The lowest BCUT2D eigenvalue weighted by molar-refractivity contribution is -0.120. The fraction of sp³-hybridized carbons (Fsp3) is 0.316. The highest BCUT2D eigenvalue weighted by atomic mass is 19.1. The summed E-state index contributed by atoms with van der Waals surface area (Å²) in [6.45, 7) is 4.42. The number of nitrogens with zero attached hydrogens (tertiary/aromatic N) is 1. The Hall–Kier alpha value is -2.20. The summed E-state index contributed by atoms with van der Waals surface area (Å²) in [4.78, 5) is 14.5. The van der Waals surface area contributed by atoms with Crippen LogP contribution in [0.15, 0.2) is 48.5 Å². The number of fused-ring (bicyclic) bond motifs is 1. The minimum atomic E-state index is -0.379. The van der Waals surface area contributed by atoms with Crippen molar-refractivity contribution in [1.82, 2.24) is 5.32 Å². The maximum Gasteiger partial charge on any atom is 0.243 e. The molecule has 1 heterocycles. The molecular weight excluding hydrogens is 291 g/mol. The molecule has 23 heavy (non-hydrogen) atoms. The van der Waals surface area contributed by atoms with Crippen LogP contribution in [-0.4, -0.2) is 18.5 Å². The van der Waals surface area contributed by atoms with Crippen molar-refractivity contribution < 1.29 is 9.18 Å². The van der Waals surface area contributed by atoms with Gasteiger partial charge in [0.05, 0.1) is 6.04 Å². The van der Waals surface area contributed by atoms with E-state index in [-0.39, 0.29) is 23.8 Å². The van der Waals surface area contributed by atoms with E-state index in [1.165, 1.54) is 11.6 Å². The molecule has 2 aromatic carbocycles. The molecule has 2 unspecified atom stereocenters. The highest BCUT2D eigenvalue weighted by Gasteiger charge is 2.28. The zero-order valence-electron chi connectivity index (χ0n) is 13.4. The monoisotopic (exact) mass is 312 g/mol. The first-order valence-electron chi connectivity index (χ1n) is 7.97. The summed E-state index contributed by atoms with van der Waals surface area (Å²) in [5, 5.41) is 3.21. The fourth-order valence-corrected chi connectivity index (χ4v) is 3.16. The first kappa shape index (κ1) is 15.7. The lowest BCUT2D eigenvalue weighted by Gasteiger charge is -2.25. The highest BCUT2D eigenvalue weighted by Crippen LogP contribution is 2.28. The molecule has 1 aliphatic rings. The van der Waals surface area contributed by atoms with E-state index in [2.05, 4.69) is 11.4 Å². The van der Waals surface area contributed by atoms with Gasteiger partial charge in [0.15, 0.2) is 0 Å². The predicted octanol–water partition coefficient (Wildman–Crippen LogP) is 3.45. The maximum absolute atomic E-state index is 13.9. The number of anilines is 1. The van der Waals surface area contributed by atoms with Gasteiger partial charge in [0.25, 0.3) is 0 Å². The van der Waals surface area contributed by atoms with Gasteiger partial charge in [0.2, 0.25) is 5.91 Å². The number of rotatable bonds is 4. The van der Waals surface area contributed by atoms with Gasteiger partial charge >= 0.3 is 0 Å². The van der Waals surface area contributed by atoms with Gasteiger partial charge in [0.1, 0.15) is 5.82 Å². The predicted molar refractivity (Wildman–Crippen MR) is 89.9 cm³/mol. The second-order valence-electron chi connectivity index (χ2n) is 6.00. The van der Waals surface area contributed by atoms with Crippen LogP contribution in [0.4, 0.5) is 10.1 Å². The van der Waals surface area contributed by atoms with Crippen LogP contribution in [0.25, 0.3) is 0 Å². The lowest BCUT2D eigenvalue weighted by atomic mass is 10.1. The average molecular weight is 312 g/mol. The Kier molecular flexibility index (Phi) is 4.44. The second-order valence-corrected chi connectivity index (χ2v) is 6.00. The van der Waals surface area contributed by atoms with Crippen LogP contribution in [0.2, 0.25) is 0 Å². The van der Waals surface area contributed by atoms with Gasteiger partial charge in [-0.15, -0.1) is 0 Å². The van der Waals surface area contributed by atoms with Crippen molar-refractivity contribution in [2.45, 2.75) is 32.4 Å². The van der Waals surface area contributed by atoms with E-state index in [0.29, 0.717) is 12.1 Å². The Bertz CT molecular complexity index is 716. The third-order valence-electron chi connectivity index (χ3n) is 4.40. The maximum atomic E-state index is 13.9. The normalized spacial score (nSPS) is 16.0. The third kappa shape index (κ3) is 3.13. The van der Waals surface area contributed by atoms with Crippen LogP contribution in [0.3, 0.4) is 0 Å². The van der Waals surface area contributed by atoms with Crippen molar-refractivity contribution in [1.29, 1.82) is 0 Å². The quantitative estimate of drug-likeness (QED) is 0.938. The van der Waals surface area contributed by atoms with Crippen molar-refractivity contribution in [3.63, 3.8) is 0 Å². The van der Waals surface area contributed by atoms with E-state index >= 15 is 0 Å². The molecular formula is C19H21FN2O. The van der Waals surface area contributed by atoms with Crippen LogP contribution < -0.4 is 10.2 Å². The van der Waals surface area contributed by atoms with E-state index in [0.717, 1.165) is 12.1 Å². The number of hydrogen-bond acceptors (Lipinski definition) is 2. The summed E-state index contributed by atoms with van der Waals surface area (Å²) in [6, 6.07) is 14.0. The molecule has 1 amide bonds. The molecule has 0 saturated heterocycles. The molecule has 0 bridgehead atoms. The zero-order valence-corrected chi connectivity index (χ0v) is 13.4. The fourth-order valence-electron chi connectivity index (χ4n) is 3.16. The molecule has 3 rings (SSSR count). The molecule has 0 fully saturated rings. The lowest BCUT2D eigenvalue weighted by Crippen LogP contribution is -2.45.